The molecule has 0 aromatic rings. The van der Waals surface area contributed by atoms with Crippen molar-refractivity contribution in [3.8, 4) is 0 Å². The largest absolute Gasteiger partial charge is 0.469 e. The van der Waals surface area contributed by atoms with Gasteiger partial charge in [0.2, 0.25) is 5.91 Å². The van der Waals surface area contributed by atoms with Crippen molar-refractivity contribution >= 4 is 11.9 Å². The molecular formula is C11H21NO4. The maximum atomic E-state index is 11.5. The minimum absolute atomic E-state index is 0.241. The number of hydrogen-bond donors (Lipinski definition) is 1. The van der Waals surface area contributed by atoms with Crippen molar-refractivity contribution in [2.75, 3.05) is 7.11 Å². The molecule has 94 valence electrons. The molecule has 0 aliphatic heterocycles. The lowest BCUT2D eigenvalue weighted by Crippen LogP contribution is -2.42. The van der Waals surface area contributed by atoms with E-state index in [1.54, 1.807) is 20.8 Å². The first-order valence-corrected chi connectivity index (χ1v) is 5.37. The third kappa shape index (κ3) is 5.70. The number of ether oxygens (including phenoxy) is 1. The normalized spacial score (nSPS) is 11.1. The summed E-state index contributed by atoms with van der Waals surface area (Å²) < 4.78 is 4.48. The Hall–Kier alpha value is -1.10. The van der Waals surface area contributed by atoms with E-state index in [0.29, 0.717) is 19.3 Å². The predicted molar refractivity (Wildman–Crippen MR) is 58.9 cm³/mol. The molecule has 5 heteroatoms. The third-order valence-corrected chi connectivity index (χ3v) is 2.12. The number of esters is 1. The van der Waals surface area contributed by atoms with Gasteiger partial charge in [-0.15, -0.1) is 0 Å². The zero-order valence-corrected chi connectivity index (χ0v) is 10.4. The minimum Gasteiger partial charge on any atom is -0.469 e. The van der Waals surface area contributed by atoms with Crippen LogP contribution in [-0.2, 0) is 14.3 Å². The Kier molecular flexibility index (Phi) is 6.03. The highest BCUT2D eigenvalue weighted by Gasteiger charge is 2.24. The van der Waals surface area contributed by atoms with Crippen LogP contribution in [0, 0.1) is 0 Å². The number of carbonyl (C=O) groups excluding carboxylic acids is 2. The number of hydrogen-bond acceptors (Lipinski definition) is 4. The van der Waals surface area contributed by atoms with E-state index in [4.69, 9.17) is 0 Å². The molecule has 0 rings (SSSR count). The zero-order valence-electron chi connectivity index (χ0n) is 10.4. The highest BCUT2D eigenvalue weighted by atomic mass is 16.5. The van der Waals surface area contributed by atoms with Crippen LogP contribution in [0.5, 0.6) is 0 Å². The summed E-state index contributed by atoms with van der Waals surface area (Å²) in [6, 6.07) is 0. The summed E-state index contributed by atoms with van der Waals surface area (Å²) >= 11 is 0. The maximum absolute atomic E-state index is 11.5. The number of rotatable bonds is 5. The van der Waals surface area contributed by atoms with Crippen molar-refractivity contribution in [2.45, 2.75) is 52.0 Å². The van der Waals surface area contributed by atoms with Crippen LogP contribution in [0.25, 0.3) is 0 Å². The van der Waals surface area contributed by atoms with Crippen LogP contribution in [-0.4, -0.2) is 34.8 Å². The molecule has 0 bridgehead atoms. The Morgan fingerprint density at radius 2 is 1.69 bits per heavy atom. The first-order valence-electron chi connectivity index (χ1n) is 5.37. The molecule has 0 aliphatic rings. The zero-order chi connectivity index (χ0) is 12.8. The van der Waals surface area contributed by atoms with Crippen molar-refractivity contribution in [2.24, 2.45) is 0 Å². The Morgan fingerprint density at radius 3 is 2.12 bits per heavy atom. The average molecular weight is 231 g/mol. The first-order chi connectivity index (χ1) is 7.29. The molecule has 0 unspecified atom stereocenters. The minimum atomic E-state index is -0.584. The topological polar surface area (TPSA) is 66.8 Å². The molecule has 0 aliphatic carbocycles. The summed E-state index contributed by atoms with van der Waals surface area (Å²) in [4.78, 5) is 22.2. The van der Waals surface area contributed by atoms with Crippen LogP contribution < -0.4 is 0 Å². The van der Waals surface area contributed by atoms with Crippen molar-refractivity contribution in [3.05, 3.63) is 0 Å². The second kappa shape index (κ2) is 6.48. The van der Waals surface area contributed by atoms with Gasteiger partial charge in [0.15, 0.2) is 0 Å². The molecule has 0 aromatic carbocycles. The van der Waals surface area contributed by atoms with E-state index in [2.05, 4.69) is 4.74 Å². The van der Waals surface area contributed by atoms with E-state index in [1.807, 2.05) is 0 Å². The number of carbonyl (C=O) groups is 2. The SMILES string of the molecule is COC(=O)CCCCC(=O)N(O)C(C)(C)C. The summed E-state index contributed by atoms with van der Waals surface area (Å²) in [5.41, 5.74) is -0.584. The Labute approximate surface area is 96.3 Å². The molecular weight excluding hydrogens is 210 g/mol. The van der Waals surface area contributed by atoms with Gasteiger partial charge in [0, 0.05) is 12.8 Å². The fraction of sp³-hybridized carbons (Fsp3) is 0.818. The van der Waals surface area contributed by atoms with Gasteiger partial charge in [-0.25, -0.2) is 5.06 Å². The van der Waals surface area contributed by atoms with Gasteiger partial charge in [0.25, 0.3) is 0 Å². The van der Waals surface area contributed by atoms with E-state index in [9.17, 15) is 14.8 Å². The van der Waals surface area contributed by atoms with Crippen LogP contribution in [0.3, 0.4) is 0 Å². The second-order valence-electron chi connectivity index (χ2n) is 4.66. The molecule has 0 heterocycles. The fourth-order valence-electron chi connectivity index (χ4n) is 1.13. The monoisotopic (exact) mass is 231 g/mol. The number of unbranched alkanes of at least 4 members (excludes halogenated alkanes) is 1. The maximum Gasteiger partial charge on any atom is 0.305 e. The molecule has 0 radical (unpaired) electrons. The summed E-state index contributed by atoms with van der Waals surface area (Å²) in [5.74, 6) is -0.596. The summed E-state index contributed by atoms with van der Waals surface area (Å²) in [6.07, 6.45) is 1.72. The van der Waals surface area contributed by atoms with Crippen LogP contribution in [0.4, 0.5) is 0 Å². The highest BCUT2D eigenvalue weighted by molar-refractivity contribution is 5.75. The van der Waals surface area contributed by atoms with Gasteiger partial charge in [-0.3, -0.25) is 14.8 Å². The van der Waals surface area contributed by atoms with Crippen LogP contribution >= 0.6 is 0 Å². The van der Waals surface area contributed by atoms with Gasteiger partial charge in [-0.2, -0.15) is 0 Å². The summed E-state index contributed by atoms with van der Waals surface area (Å²) in [6.45, 7) is 5.25. The molecule has 0 aromatic heterocycles. The Balaban J connectivity index is 3.78. The quantitative estimate of drug-likeness (QED) is 0.339. The fourth-order valence-corrected chi connectivity index (χ4v) is 1.13. The van der Waals surface area contributed by atoms with Gasteiger partial charge in [-0.05, 0) is 33.6 Å². The second-order valence-corrected chi connectivity index (χ2v) is 4.66. The average Bonchev–Trinajstić information content (AvgIpc) is 2.21. The molecule has 1 amide bonds. The van der Waals surface area contributed by atoms with E-state index < -0.39 is 5.54 Å². The molecule has 0 saturated carbocycles. The van der Waals surface area contributed by atoms with E-state index in [1.165, 1.54) is 7.11 Å². The van der Waals surface area contributed by atoms with Crippen LogP contribution in [0.1, 0.15) is 46.5 Å². The summed E-state index contributed by atoms with van der Waals surface area (Å²) in [5, 5.41) is 10.2. The van der Waals surface area contributed by atoms with Gasteiger partial charge in [0.1, 0.15) is 0 Å². The smallest absolute Gasteiger partial charge is 0.305 e. The number of methoxy groups -OCH3 is 1. The lowest BCUT2D eigenvalue weighted by molar-refractivity contribution is -0.187. The van der Waals surface area contributed by atoms with E-state index >= 15 is 0 Å². The molecule has 0 saturated heterocycles. The van der Waals surface area contributed by atoms with Crippen LogP contribution in [0.15, 0.2) is 0 Å². The Bertz CT molecular complexity index is 245. The van der Waals surface area contributed by atoms with Crippen molar-refractivity contribution in [1.82, 2.24) is 5.06 Å². The molecule has 0 spiro atoms. The van der Waals surface area contributed by atoms with Crippen molar-refractivity contribution in [1.29, 1.82) is 0 Å². The van der Waals surface area contributed by atoms with Crippen molar-refractivity contribution in [3.63, 3.8) is 0 Å². The third-order valence-electron chi connectivity index (χ3n) is 2.12. The number of nitrogens with zero attached hydrogens (tertiary/aromatic N) is 1. The molecule has 5 nitrogen and oxygen atoms in total. The van der Waals surface area contributed by atoms with Crippen molar-refractivity contribution < 1.29 is 19.5 Å². The lowest BCUT2D eigenvalue weighted by Gasteiger charge is -2.29. The first kappa shape index (κ1) is 14.9. The summed E-state index contributed by atoms with van der Waals surface area (Å²) in [7, 11) is 1.34. The predicted octanol–water partition coefficient (Wildman–Crippen LogP) is 1.74. The molecule has 0 atom stereocenters. The highest BCUT2D eigenvalue weighted by Crippen LogP contribution is 2.13. The van der Waals surface area contributed by atoms with Gasteiger partial charge in [-0.1, -0.05) is 0 Å². The van der Waals surface area contributed by atoms with Gasteiger partial charge in [0.05, 0.1) is 12.6 Å². The molecule has 0 fully saturated rings. The van der Waals surface area contributed by atoms with Crippen LogP contribution in [0.2, 0.25) is 0 Å². The molecule has 16 heavy (non-hydrogen) atoms. The van der Waals surface area contributed by atoms with E-state index in [-0.39, 0.29) is 18.3 Å². The molecule has 1 N–H and O–H groups in total. The number of hydroxylamine groups is 2. The standard InChI is InChI=1S/C11H21NO4/c1-11(2,3)12(15)9(13)7-5-6-8-10(14)16-4/h15H,5-8H2,1-4H3. The van der Waals surface area contributed by atoms with Gasteiger partial charge < -0.3 is 4.74 Å². The Morgan fingerprint density at radius 1 is 1.19 bits per heavy atom. The lowest BCUT2D eigenvalue weighted by atomic mass is 10.1. The van der Waals surface area contributed by atoms with Gasteiger partial charge >= 0.3 is 5.97 Å². The van der Waals surface area contributed by atoms with E-state index in [0.717, 1.165) is 5.06 Å². The number of amides is 1.